The van der Waals surface area contributed by atoms with E-state index in [0.717, 1.165) is 26.8 Å². The van der Waals surface area contributed by atoms with E-state index in [2.05, 4.69) is 39.8 Å². The lowest BCUT2D eigenvalue weighted by Crippen LogP contribution is -2.25. The van der Waals surface area contributed by atoms with E-state index in [1.165, 1.54) is 5.56 Å². The smallest absolute Gasteiger partial charge is 0.252 e. The molecule has 0 unspecified atom stereocenters. The molecule has 0 spiro atoms. The van der Waals surface area contributed by atoms with E-state index in [4.69, 9.17) is 0 Å². The molecule has 1 N–H and O–H groups in total. The first-order valence-electron chi connectivity index (χ1n) is 6.59. The molecule has 0 radical (unpaired) electrons. The topological polar surface area (TPSA) is 42.0 Å². The minimum absolute atomic E-state index is 0.0502. The Labute approximate surface area is 133 Å². The van der Waals surface area contributed by atoms with Crippen LogP contribution in [0.4, 0.5) is 0 Å². The fourth-order valence-electron chi connectivity index (χ4n) is 2.03. The monoisotopic (exact) mass is 380 g/mol. The van der Waals surface area contributed by atoms with Crippen LogP contribution in [0, 0.1) is 10.5 Å². The molecule has 104 valence electrons. The zero-order valence-corrected chi connectivity index (χ0v) is 13.8. The minimum atomic E-state index is -0.0502. The van der Waals surface area contributed by atoms with Gasteiger partial charge in [0.2, 0.25) is 0 Å². The van der Waals surface area contributed by atoms with E-state index in [1.54, 1.807) is 6.20 Å². The van der Waals surface area contributed by atoms with Crippen LogP contribution in [0.5, 0.6) is 0 Å². The molecule has 0 bridgehead atoms. The number of rotatable bonds is 4. The quantitative estimate of drug-likeness (QED) is 0.826. The number of nitrogens with one attached hydrogen (secondary N) is 1. The summed E-state index contributed by atoms with van der Waals surface area (Å²) in [6.07, 6.45) is 2.68. The van der Waals surface area contributed by atoms with Gasteiger partial charge in [-0.05, 0) is 59.2 Å². The van der Waals surface area contributed by atoms with E-state index in [-0.39, 0.29) is 5.91 Å². The summed E-state index contributed by atoms with van der Waals surface area (Å²) in [4.78, 5) is 16.6. The molecule has 0 saturated heterocycles. The van der Waals surface area contributed by atoms with Gasteiger partial charge in [-0.1, -0.05) is 25.1 Å². The summed E-state index contributed by atoms with van der Waals surface area (Å²) in [5.74, 6) is -0.0502. The number of hydrogen-bond donors (Lipinski definition) is 1. The molecule has 0 fully saturated rings. The molecular weight excluding hydrogens is 363 g/mol. The predicted octanol–water partition coefficient (Wildman–Crippen LogP) is 3.49. The average Bonchev–Trinajstić information content (AvgIpc) is 2.48. The Kier molecular flexibility index (Phi) is 5.11. The molecule has 0 aliphatic heterocycles. The van der Waals surface area contributed by atoms with Crippen LogP contribution in [0.25, 0.3) is 0 Å². The van der Waals surface area contributed by atoms with Gasteiger partial charge in [-0.25, -0.2) is 0 Å². The largest absolute Gasteiger partial charge is 0.346 e. The third-order valence-corrected chi connectivity index (χ3v) is 4.65. The summed E-state index contributed by atoms with van der Waals surface area (Å²) in [6, 6.07) is 9.74. The van der Waals surface area contributed by atoms with Gasteiger partial charge in [0.1, 0.15) is 0 Å². The molecule has 1 aromatic heterocycles. The lowest BCUT2D eigenvalue weighted by atomic mass is 10.1. The van der Waals surface area contributed by atoms with Crippen LogP contribution in [0.2, 0.25) is 0 Å². The third kappa shape index (κ3) is 3.36. The molecule has 2 rings (SSSR count). The Morgan fingerprint density at radius 3 is 2.85 bits per heavy atom. The molecule has 2 aromatic rings. The van der Waals surface area contributed by atoms with Crippen molar-refractivity contribution < 1.29 is 4.79 Å². The van der Waals surface area contributed by atoms with Crippen molar-refractivity contribution in [2.75, 3.05) is 0 Å². The number of aromatic nitrogens is 1. The molecule has 1 aromatic carbocycles. The van der Waals surface area contributed by atoms with Crippen LogP contribution in [0.1, 0.15) is 34.1 Å². The molecule has 0 aliphatic carbocycles. The molecule has 0 saturated carbocycles. The maximum atomic E-state index is 12.2. The third-order valence-electron chi connectivity index (χ3n) is 3.22. The van der Waals surface area contributed by atoms with Gasteiger partial charge in [-0.2, -0.15) is 0 Å². The molecule has 4 heteroatoms. The van der Waals surface area contributed by atoms with Crippen molar-refractivity contribution in [3.8, 4) is 0 Å². The number of carbonyl (C=O) groups excluding carboxylic acids is 1. The first-order valence-corrected chi connectivity index (χ1v) is 7.67. The van der Waals surface area contributed by atoms with Crippen molar-refractivity contribution in [2.24, 2.45) is 0 Å². The summed E-state index contributed by atoms with van der Waals surface area (Å²) >= 11 is 2.21. The van der Waals surface area contributed by atoms with Crippen molar-refractivity contribution >= 4 is 28.5 Å². The molecule has 0 aliphatic rings. The Bertz CT molecular complexity index is 626. The number of aryl methyl sites for hydroxylation is 2. The molecular formula is C16H17IN2O. The maximum absolute atomic E-state index is 12.2. The van der Waals surface area contributed by atoms with Gasteiger partial charge >= 0.3 is 0 Å². The molecule has 1 heterocycles. The number of hydrogen-bond acceptors (Lipinski definition) is 2. The Hall–Kier alpha value is -1.43. The van der Waals surface area contributed by atoms with E-state index in [0.29, 0.717) is 6.54 Å². The predicted molar refractivity (Wildman–Crippen MR) is 88.7 cm³/mol. The highest BCUT2D eigenvalue weighted by Crippen LogP contribution is 2.16. The van der Waals surface area contributed by atoms with Crippen LogP contribution >= 0.6 is 22.6 Å². The van der Waals surface area contributed by atoms with E-state index in [9.17, 15) is 4.79 Å². The summed E-state index contributed by atoms with van der Waals surface area (Å²) < 4.78 is 0.999. The number of carbonyl (C=O) groups is 1. The number of benzene rings is 1. The van der Waals surface area contributed by atoms with Crippen molar-refractivity contribution in [2.45, 2.75) is 26.8 Å². The Balaban J connectivity index is 2.11. The van der Waals surface area contributed by atoms with Crippen LogP contribution in [0.15, 0.2) is 36.5 Å². The van der Waals surface area contributed by atoms with E-state index < -0.39 is 0 Å². The summed E-state index contributed by atoms with van der Waals surface area (Å²) in [6.45, 7) is 4.56. The minimum Gasteiger partial charge on any atom is -0.346 e. The van der Waals surface area contributed by atoms with Gasteiger partial charge in [-0.3, -0.25) is 9.78 Å². The van der Waals surface area contributed by atoms with Gasteiger partial charge in [0.15, 0.2) is 0 Å². The van der Waals surface area contributed by atoms with Crippen molar-refractivity contribution in [3.63, 3.8) is 0 Å². The highest BCUT2D eigenvalue weighted by atomic mass is 127. The zero-order valence-electron chi connectivity index (χ0n) is 11.6. The molecule has 3 nitrogen and oxygen atoms in total. The summed E-state index contributed by atoms with van der Waals surface area (Å²) in [5, 5.41) is 2.95. The second kappa shape index (κ2) is 6.83. The lowest BCUT2D eigenvalue weighted by molar-refractivity contribution is 0.0949. The number of amides is 1. The second-order valence-electron chi connectivity index (χ2n) is 4.58. The molecule has 20 heavy (non-hydrogen) atoms. The Morgan fingerprint density at radius 1 is 1.30 bits per heavy atom. The van der Waals surface area contributed by atoms with Crippen LogP contribution in [-0.2, 0) is 13.0 Å². The zero-order chi connectivity index (χ0) is 14.5. The van der Waals surface area contributed by atoms with Gasteiger partial charge < -0.3 is 5.32 Å². The van der Waals surface area contributed by atoms with Gasteiger partial charge in [0.05, 0.1) is 17.8 Å². The number of nitrogens with zero attached hydrogens (tertiary/aromatic N) is 1. The first-order chi connectivity index (χ1) is 9.63. The van der Waals surface area contributed by atoms with Crippen molar-refractivity contribution in [1.82, 2.24) is 10.3 Å². The standard InChI is InChI=1S/C16H17IN2O/c1-3-12-7-5-9-18-14(12)10-19-16(20)13-8-4-6-11(2)15(13)17/h4-9H,3,10H2,1-2H3,(H,19,20). The summed E-state index contributed by atoms with van der Waals surface area (Å²) in [5.41, 5.74) is 3.95. The second-order valence-corrected chi connectivity index (χ2v) is 5.66. The lowest BCUT2D eigenvalue weighted by Gasteiger charge is -2.10. The van der Waals surface area contributed by atoms with Crippen LogP contribution in [-0.4, -0.2) is 10.9 Å². The van der Waals surface area contributed by atoms with Crippen LogP contribution in [0.3, 0.4) is 0 Å². The van der Waals surface area contributed by atoms with Crippen molar-refractivity contribution in [1.29, 1.82) is 0 Å². The van der Waals surface area contributed by atoms with E-state index in [1.807, 2.05) is 37.3 Å². The SMILES string of the molecule is CCc1cccnc1CNC(=O)c1cccc(C)c1I. The number of pyridine rings is 1. The van der Waals surface area contributed by atoms with Gasteiger partial charge in [0.25, 0.3) is 5.91 Å². The molecule has 1 amide bonds. The Morgan fingerprint density at radius 2 is 2.10 bits per heavy atom. The maximum Gasteiger partial charge on any atom is 0.252 e. The van der Waals surface area contributed by atoms with Gasteiger partial charge in [-0.15, -0.1) is 0 Å². The highest BCUT2D eigenvalue weighted by molar-refractivity contribution is 14.1. The normalized spacial score (nSPS) is 10.3. The van der Waals surface area contributed by atoms with Crippen LogP contribution < -0.4 is 5.32 Å². The van der Waals surface area contributed by atoms with E-state index >= 15 is 0 Å². The van der Waals surface area contributed by atoms with Gasteiger partial charge in [0, 0.05) is 9.77 Å². The number of halogens is 1. The fourth-order valence-corrected chi connectivity index (χ4v) is 2.64. The molecule has 0 atom stereocenters. The average molecular weight is 380 g/mol. The fraction of sp³-hybridized carbons (Fsp3) is 0.250. The highest BCUT2D eigenvalue weighted by Gasteiger charge is 2.11. The summed E-state index contributed by atoms with van der Waals surface area (Å²) in [7, 11) is 0. The first kappa shape index (κ1) is 15.0. The van der Waals surface area contributed by atoms with Crippen molar-refractivity contribution in [3.05, 3.63) is 62.5 Å².